The molecule has 0 aliphatic carbocycles. The van der Waals surface area contributed by atoms with Crippen LogP contribution in [0.5, 0.6) is 0 Å². The standard InChI is InChI=1S/C15H19N3O3S/c1-10(12-3-2-7-20-12)16-13(19)4-5-14-17-15(18-21-14)11-6-8-22-9-11/h6,8-10,12H,2-5,7H2,1H3,(H,16,19)/t10-,12-/m0/s1. The molecule has 118 valence electrons. The maximum absolute atomic E-state index is 12.0. The molecule has 0 radical (unpaired) electrons. The molecule has 0 saturated carbocycles. The second kappa shape index (κ2) is 7.02. The van der Waals surface area contributed by atoms with Crippen LogP contribution in [0.2, 0.25) is 0 Å². The molecule has 1 saturated heterocycles. The van der Waals surface area contributed by atoms with Gasteiger partial charge < -0.3 is 14.6 Å². The molecule has 1 aliphatic heterocycles. The maximum Gasteiger partial charge on any atom is 0.227 e. The lowest BCUT2D eigenvalue weighted by Gasteiger charge is -2.19. The summed E-state index contributed by atoms with van der Waals surface area (Å²) in [5, 5.41) is 10.8. The molecule has 3 rings (SSSR count). The van der Waals surface area contributed by atoms with Crippen LogP contribution < -0.4 is 5.32 Å². The molecule has 3 heterocycles. The highest BCUT2D eigenvalue weighted by Gasteiger charge is 2.23. The number of rotatable bonds is 6. The van der Waals surface area contributed by atoms with E-state index in [9.17, 15) is 4.79 Å². The molecule has 1 N–H and O–H groups in total. The Labute approximate surface area is 132 Å². The number of aromatic nitrogens is 2. The highest BCUT2D eigenvalue weighted by Crippen LogP contribution is 2.19. The summed E-state index contributed by atoms with van der Waals surface area (Å²) in [6, 6.07) is 1.98. The average Bonchev–Trinajstić information content (AvgIpc) is 3.25. The quantitative estimate of drug-likeness (QED) is 0.884. The Hall–Kier alpha value is -1.73. The number of nitrogens with zero attached hydrogens (tertiary/aromatic N) is 2. The first-order valence-electron chi connectivity index (χ1n) is 7.48. The van der Waals surface area contributed by atoms with Crippen molar-refractivity contribution in [1.29, 1.82) is 0 Å². The van der Waals surface area contributed by atoms with E-state index in [1.165, 1.54) is 0 Å². The van der Waals surface area contributed by atoms with Crippen molar-refractivity contribution in [2.75, 3.05) is 6.61 Å². The van der Waals surface area contributed by atoms with E-state index in [0.717, 1.165) is 25.0 Å². The highest BCUT2D eigenvalue weighted by molar-refractivity contribution is 7.08. The summed E-state index contributed by atoms with van der Waals surface area (Å²) in [5.74, 6) is 1.05. The number of carbonyl (C=O) groups excluding carboxylic acids is 1. The Balaban J connectivity index is 1.46. The molecule has 2 atom stereocenters. The van der Waals surface area contributed by atoms with E-state index in [1.54, 1.807) is 11.3 Å². The van der Waals surface area contributed by atoms with Crippen LogP contribution in [0.15, 0.2) is 21.3 Å². The van der Waals surface area contributed by atoms with Crippen molar-refractivity contribution in [3.05, 3.63) is 22.7 Å². The largest absolute Gasteiger partial charge is 0.376 e. The van der Waals surface area contributed by atoms with Gasteiger partial charge in [0, 0.05) is 30.4 Å². The Morgan fingerprint density at radius 2 is 2.50 bits per heavy atom. The van der Waals surface area contributed by atoms with Crippen molar-refractivity contribution < 1.29 is 14.1 Å². The Morgan fingerprint density at radius 1 is 1.59 bits per heavy atom. The van der Waals surface area contributed by atoms with Gasteiger partial charge in [-0.3, -0.25) is 4.79 Å². The molecule has 2 aromatic heterocycles. The summed E-state index contributed by atoms with van der Waals surface area (Å²) < 4.78 is 10.8. The fourth-order valence-electron chi connectivity index (χ4n) is 2.50. The monoisotopic (exact) mass is 321 g/mol. The lowest BCUT2D eigenvalue weighted by molar-refractivity contribution is -0.122. The van der Waals surface area contributed by atoms with Gasteiger partial charge in [0.25, 0.3) is 0 Å². The molecule has 1 amide bonds. The van der Waals surface area contributed by atoms with Crippen molar-refractivity contribution >= 4 is 17.2 Å². The first-order chi connectivity index (χ1) is 10.7. The van der Waals surface area contributed by atoms with Gasteiger partial charge in [0.15, 0.2) is 0 Å². The predicted molar refractivity (Wildman–Crippen MR) is 82.5 cm³/mol. The zero-order valence-electron chi connectivity index (χ0n) is 12.4. The third kappa shape index (κ3) is 3.72. The average molecular weight is 321 g/mol. The zero-order valence-corrected chi connectivity index (χ0v) is 13.3. The Kier molecular flexibility index (Phi) is 4.84. The second-order valence-electron chi connectivity index (χ2n) is 5.43. The maximum atomic E-state index is 12.0. The van der Waals surface area contributed by atoms with E-state index < -0.39 is 0 Å². The molecule has 0 bridgehead atoms. The van der Waals surface area contributed by atoms with Gasteiger partial charge in [0.2, 0.25) is 17.6 Å². The van der Waals surface area contributed by atoms with Crippen LogP contribution >= 0.6 is 11.3 Å². The topological polar surface area (TPSA) is 77.3 Å². The third-order valence-corrected chi connectivity index (χ3v) is 4.41. The number of ether oxygens (including phenoxy) is 1. The van der Waals surface area contributed by atoms with E-state index in [1.807, 2.05) is 23.8 Å². The van der Waals surface area contributed by atoms with Gasteiger partial charge in [0.05, 0.1) is 12.1 Å². The minimum atomic E-state index is -0.0155. The smallest absolute Gasteiger partial charge is 0.227 e. The van der Waals surface area contributed by atoms with E-state index >= 15 is 0 Å². The van der Waals surface area contributed by atoms with Crippen LogP contribution in [-0.2, 0) is 16.0 Å². The normalized spacial score (nSPS) is 19.2. The fraction of sp³-hybridized carbons (Fsp3) is 0.533. The van der Waals surface area contributed by atoms with Crippen LogP contribution in [0.1, 0.15) is 32.1 Å². The summed E-state index contributed by atoms with van der Waals surface area (Å²) in [6.07, 6.45) is 2.99. The van der Waals surface area contributed by atoms with Gasteiger partial charge in [-0.15, -0.1) is 0 Å². The number of thiophene rings is 1. The molecule has 6 nitrogen and oxygen atoms in total. The fourth-order valence-corrected chi connectivity index (χ4v) is 3.14. The molecular weight excluding hydrogens is 302 g/mol. The van der Waals surface area contributed by atoms with Crippen molar-refractivity contribution in [3.63, 3.8) is 0 Å². The van der Waals surface area contributed by atoms with Gasteiger partial charge in [-0.25, -0.2) is 0 Å². The number of hydrogen-bond donors (Lipinski definition) is 1. The van der Waals surface area contributed by atoms with Crippen molar-refractivity contribution in [1.82, 2.24) is 15.5 Å². The van der Waals surface area contributed by atoms with Gasteiger partial charge in [-0.05, 0) is 31.2 Å². The van der Waals surface area contributed by atoms with Crippen molar-refractivity contribution in [2.24, 2.45) is 0 Å². The Morgan fingerprint density at radius 3 is 3.23 bits per heavy atom. The van der Waals surface area contributed by atoms with E-state index in [2.05, 4.69) is 15.5 Å². The predicted octanol–water partition coefficient (Wildman–Crippen LogP) is 2.41. The summed E-state index contributed by atoms with van der Waals surface area (Å²) in [4.78, 5) is 16.3. The van der Waals surface area contributed by atoms with E-state index in [4.69, 9.17) is 9.26 Å². The molecule has 0 unspecified atom stereocenters. The zero-order chi connectivity index (χ0) is 15.4. The van der Waals surface area contributed by atoms with Crippen molar-refractivity contribution in [3.8, 4) is 11.4 Å². The molecule has 1 fully saturated rings. The van der Waals surface area contributed by atoms with Crippen molar-refractivity contribution in [2.45, 2.75) is 44.8 Å². The van der Waals surface area contributed by atoms with Crippen LogP contribution in [0.3, 0.4) is 0 Å². The van der Waals surface area contributed by atoms with E-state index in [-0.39, 0.29) is 18.1 Å². The minimum absolute atomic E-state index is 0.0155. The lowest BCUT2D eigenvalue weighted by Crippen LogP contribution is -2.40. The summed E-state index contributed by atoms with van der Waals surface area (Å²) in [6.45, 7) is 2.77. The Bertz CT molecular complexity index is 605. The van der Waals surface area contributed by atoms with Crippen LogP contribution in [0.4, 0.5) is 0 Å². The summed E-state index contributed by atoms with van der Waals surface area (Å²) >= 11 is 1.58. The first-order valence-corrected chi connectivity index (χ1v) is 8.43. The summed E-state index contributed by atoms with van der Waals surface area (Å²) in [5.41, 5.74) is 0.941. The lowest BCUT2D eigenvalue weighted by atomic mass is 10.1. The van der Waals surface area contributed by atoms with Gasteiger partial charge in [-0.2, -0.15) is 16.3 Å². The minimum Gasteiger partial charge on any atom is -0.376 e. The molecule has 22 heavy (non-hydrogen) atoms. The number of carbonyl (C=O) groups is 1. The van der Waals surface area contributed by atoms with Crippen LogP contribution in [-0.4, -0.2) is 34.8 Å². The molecule has 1 aliphatic rings. The van der Waals surface area contributed by atoms with Crippen LogP contribution in [0.25, 0.3) is 11.4 Å². The number of aryl methyl sites for hydroxylation is 1. The molecule has 0 spiro atoms. The third-order valence-electron chi connectivity index (χ3n) is 3.72. The summed E-state index contributed by atoms with van der Waals surface area (Å²) in [7, 11) is 0. The van der Waals surface area contributed by atoms with Gasteiger partial charge in [0.1, 0.15) is 0 Å². The number of amides is 1. The first kappa shape index (κ1) is 15.2. The molecular formula is C15H19N3O3S. The molecule has 7 heteroatoms. The van der Waals surface area contributed by atoms with Crippen LogP contribution in [0, 0.1) is 0 Å². The van der Waals surface area contributed by atoms with Gasteiger partial charge in [-0.1, -0.05) is 5.16 Å². The highest BCUT2D eigenvalue weighted by atomic mass is 32.1. The SMILES string of the molecule is C[C@H](NC(=O)CCc1nc(-c2ccsc2)no1)[C@@H]1CCCO1. The van der Waals surface area contributed by atoms with Gasteiger partial charge >= 0.3 is 0 Å². The van der Waals surface area contributed by atoms with E-state index in [0.29, 0.717) is 24.6 Å². The second-order valence-corrected chi connectivity index (χ2v) is 6.21. The number of nitrogens with one attached hydrogen (secondary N) is 1. The molecule has 2 aromatic rings. The number of hydrogen-bond acceptors (Lipinski definition) is 6. The molecule has 0 aromatic carbocycles.